The quantitative estimate of drug-likeness (QED) is 0.687. The first-order valence-corrected chi connectivity index (χ1v) is 8.96. The fourth-order valence-corrected chi connectivity index (χ4v) is 4.43. The molecule has 4 rings (SSSR count). The van der Waals surface area contributed by atoms with Crippen LogP contribution in [0.1, 0.15) is 57.4 Å². The van der Waals surface area contributed by atoms with E-state index in [1.54, 1.807) is 12.5 Å². The lowest BCUT2D eigenvalue weighted by Crippen LogP contribution is -2.22. The van der Waals surface area contributed by atoms with Gasteiger partial charge in [-0.1, -0.05) is 32.8 Å². The summed E-state index contributed by atoms with van der Waals surface area (Å²) >= 11 is 0. The molecule has 0 bridgehead atoms. The lowest BCUT2D eigenvalue weighted by atomic mass is 9.71. The maximum Gasteiger partial charge on any atom is 0.165 e. The van der Waals surface area contributed by atoms with E-state index in [-0.39, 0.29) is 0 Å². The molecule has 24 heavy (non-hydrogen) atoms. The molecular weight excluding hydrogens is 296 g/mol. The lowest BCUT2D eigenvalue weighted by molar-refractivity contribution is 0.254. The van der Waals surface area contributed by atoms with Crippen molar-refractivity contribution in [1.29, 1.82) is 0 Å². The van der Waals surface area contributed by atoms with E-state index in [0.29, 0.717) is 11.3 Å². The molecule has 0 saturated heterocycles. The zero-order valence-corrected chi connectivity index (χ0v) is 14.4. The Bertz CT molecular complexity index is 828. The Labute approximate surface area is 143 Å². The highest BCUT2D eigenvalue weighted by atomic mass is 15.1. The number of pyridine rings is 2. The second-order valence-electron chi connectivity index (χ2n) is 7.23. The van der Waals surface area contributed by atoms with E-state index in [1.807, 2.05) is 16.7 Å². The summed E-state index contributed by atoms with van der Waals surface area (Å²) in [4.78, 5) is 13.6. The molecule has 1 fully saturated rings. The summed E-state index contributed by atoms with van der Waals surface area (Å²) in [7, 11) is 0. The lowest BCUT2D eigenvalue weighted by Gasteiger charge is -2.33. The zero-order chi connectivity index (χ0) is 16.6. The molecule has 4 nitrogen and oxygen atoms in total. The van der Waals surface area contributed by atoms with Gasteiger partial charge in [-0.05, 0) is 54.4 Å². The number of fused-ring (bicyclic) bond motifs is 1. The summed E-state index contributed by atoms with van der Waals surface area (Å²) in [5.41, 5.74) is 3.55. The van der Waals surface area contributed by atoms with Crippen molar-refractivity contribution in [2.75, 3.05) is 0 Å². The van der Waals surface area contributed by atoms with E-state index < -0.39 is 0 Å². The first-order valence-electron chi connectivity index (χ1n) is 8.96. The summed E-state index contributed by atoms with van der Waals surface area (Å²) < 4.78 is 1.96. The highest BCUT2D eigenvalue weighted by Crippen LogP contribution is 2.49. The minimum absolute atomic E-state index is 0.432. The van der Waals surface area contributed by atoms with Crippen LogP contribution in [0, 0.1) is 5.41 Å². The summed E-state index contributed by atoms with van der Waals surface area (Å²) in [6, 6.07) is 8.23. The van der Waals surface area contributed by atoms with Gasteiger partial charge in [0.2, 0.25) is 0 Å². The molecule has 1 unspecified atom stereocenters. The third kappa shape index (κ3) is 2.50. The van der Waals surface area contributed by atoms with Crippen molar-refractivity contribution in [2.24, 2.45) is 5.41 Å². The molecule has 3 aromatic rings. The van der Waals surface area contributed by atoms with Gasteiger partial charge in [0.05, 0.1) is 0 Å². The minimum atomic E-state index is 0.432. The molecule has 0 radical (unpaired) electrons. The van der Waals surface area contributed by atoms with Crippen molar-refractivity contribution < 1.29 is 0 Å². The number of aromatic nitrogens is 4. The van der Waals surface area contributed by atoms with Gasteiger partial charge in [-0.25, -0.2) is 15.0 Å². The highest BCUT2D eigenvalue weighted by molar-refractivity contribution is 5.72. The fourth-order valence-electron chi connectivity index (χ4n) is 4.43. The molecule has 124 valence electrons. The SMILES string of the molecule is CCC(c1ccc(-n2cnc3cccnc32)nc1)C1(C)CCCC1. The van der Waals surface area contributed by atoms with Crippen LogP contribution in [0.2, 0.25) is 0 Å². The Morgan fingerprint density at radius 2 is 1.96 bits per heavy atom. The smallest absolute Gasteiger partial charge is 0.165 e. The molecule has 0 N–H and O–H groups in total. The molecule has 3 heterocycles. The molecule has 1 aliphatic carbocycles. The third-order valence-electron chi connectivity index (χ3n) is 5.72. The second kappa shape index (κ2) is 6.00. The first-order chi connectivity index (χ1) is 11.7. The van der Waals surface area contributed by atoms with Crippen molar-refractivity contribution in [3.05, 3.63) is 48.5 Å². The van der Waals surface area contributed by atoms with E-state index in [4.69, 9.17) is 4.98 Å². The van der Waals surface area contributed by atoms with Gasteiger partial charge in [-0.15, -0.1) is 0 Å². The van der Waals surface area contributed by atoms with Crippen molar-refractivity contribution in [2.45, 2.75) is 51.9 Å². The van der Waals surface area contributed by atoms with Gasteiger partial charge in [-0.3, -0.25) is 4.57 Å². The van der Waals surface area contributed by atoms with E-state index in [9.17, 15) is 0 Å². The fraction of sp³-hybridized carbons (Fsp3) is 0.450. The van der Waals surface area contributed by atoms with Crippen molar-refractivity contribution in [1.82, 2.24) is 19.5 Å². The van der Waals surface area contributed by atoms with Crippen molar-refractivity contribution in [3.8, 4) is 5.82 Å². The molecule has 3 aromatic heterocycles. The van der Waals surface area contributed by atoms with Crippen LogP contribution in [0.25, 0.3) is 17.0 Å². The molecule has 0 aromatic carbocycles. The topological polar surface area (TPSA) is 43.6 Å². The normalized spacial score (nSPS) is 18.1. The van der Waals surface area contributed by atoms with Crippen LogP contribution in [-0.4, -0.2) is 19.5 Å². The molecule has 0 aliphatic heterocycles. The predicted octanol–water partition coefficient (Wildman–Crippen LogP) is 4.89. The molecule has 1 saturated carbocycles. The van der Waals surface area contributed by atoms with Crippen molar-refractivity contribution >= 4 is 11.2 Å². The van der Waals surface area contributed by atoms with E-state index in [1.165, 1.54) is 37.7 Å². The number of imidazole rings is 1. The standard InChI is InChI=1S/C20H24N4/c1-3-16(20(2)10-4-5-11-20)15-8-9-18(22-13-15)24-14-23-17-7-6-12-21-19(17)24/h6-9,12-14,16H,3-5,10-11H2,1-2H3. The Morgan fingerprint density at radius 3 is 2.67 bits per heavy atom. The maximum absolute atomic E-state index is 4.73. The van der Waals surface area contributed by atoms with Crippen LogP contribution in [0.15, 0.2) is 43.0 Å². The third-order valence-corrected chi connectivity index (χ3v) is 5.72. The largest absolute Gasteiger partial charge is 0.267 e. The molecule has 0 amide bonds. The number of hydrogen-bond acceptors (Lipinski definition) is 3. The van der Waals surface area contributed by atoms with Crippen LogP contribution < -0.4 is 0 Å². The number of rotatable bonds is 4. The summed E-state index contributed by atoms with van der Waals surface area (Å²) in [6.07, 6.45) is 12.2. The van der Waals surface area contributed by atoms with E-state index in [2.05, 4.69) is 42.1 Å². The van der Waals surface area contributed by atoms with Gasteiger partial charge in [0.1, 0.15) is 17.7 Å². The van der Waals surface area contributed by atoms with Crippen LogP contribution in [0.3, 0.4) is 0 Å². The monoisotopic (exact) mass is 320 g/mol. The Kier molecular flexibility index (Phi) is 3.83. The minimum Gasteiger partial charge on any atom is -0.267 e. The summed E-state index contributed by atoms with van der Waals surface area (Å²) in [5.74, 6) is 1.48. The molecule has 0 spiro atoms. The van der Waals surface area contributed by atoms with E-state index in [0.717, 1.165) is 17.0 Å². The molecule has 1 atom stereocenters. The second-order valence-corrected chi connectivity index (χ2v) is 7.23. The number of nitrogens with zero attached hydrogens (tertiary/aromatic N) is 4. The van der Waals surface area contributed by atoms with Crippen molar-refractivity contribution in [3.63, 3.8) is 0 Å². The van der Waals surface area contributed by atoms with Gasteiger partial charge in [0.15, 0.2) is 5.65 Å². The Hall–Kier alpha value is -2.23. The Morgan fingerprint density at radius 1 is 1.12 bits per heavy atom. The molecule has 4 heteroatoms. The maximum atomic E-state index is 4.73. The first kappa shape index (κ1) is 15.3. The highest BCUT2D eigenvalue weighted by Gasteiger charge is 2.36. The van der Waals surface area contributed by atoms with Gasteiger partial charge in [0, 0.05) is 12.4 Å². The molecular formula is C20H24N4. The van der Waals surface area contributed by atoms with Crippen LogP contribution in [0.5, 0.6) is 0 Å². The van der Waals surface area contributed by atoms with Gasteiger partial charge < -0.3 is 0 Å². The number of hydrogen-bond donors (Lipinski definition) is 0. The van der Waals surface area contributed by atoms with Gasteiger partial charge in [-0.2, -0.15) is 0 Å². The Balaban J connectivity index is 1.67. The van der Waals surface area contributed by atoms with Crippen LogP contribution in [0.4, 0.5) is 0 Å². The summed E-state index contributed by atoms with van der Waals surface area (Å²) in [6.45, 7) is 4.75. The van der Waals surface area contributed by atoms with Crippen LogP contribution in [-0.2, 0) is 0 Å². The van der Waals surface area contributed by atoms with Gasteiger partial charge in [0.25, 0.3) is 0 Å². The zero-order valence-electron chi connectivity index (χ0n) is 14.4. The average Bonchev–Trinajstić information content (AvgIpc) is 3.23. The average molecular weight is 320 g/mol. The molecule has 1 aliphatic rings. The summed E-state index contributed by atoms with van der Waals surface area (Å²) in [5, 5.41) is 0. The van der Waals surface area contributed by atoms with Crippen LogP contribution >= 0.6 is 0 Å². The predicted molar refractivity (Wildman–Crippen MR) is 96.3 cm³/mol. The van der Waals surface area contributed by atoms with E-state index >= 15 is 0 Å². The van der Waals surface area contributed by atoms with Gasteiger partial charge >= 0.3 is 0 Å².